The van der Waals surface area contributed by atoms with Gasteiger partial charge in [0, 0.05) is 25.5 Å². The fourth-order valence-electron chi connectivity index (χ4n) is 7.38. The van der Waals surface area contributed by atoms with Gasteiger partial charge in [-0.1, -0.05) is 78.1 Å². The van der Waals surface area contributed by atoms with Gasteiger partial charge in [0.25, 0.3) is 0 Å². The summed E-state index contributed by atoms with van der Waals surface area (Å²) in [5.41, 5.74) is -1.01. The second-order valence-electron chi connectivity index (χ2n) is 15.3. The smallest absolute Gasteiger partial charge is 0.327 e. The lowest BCUT2D eigenvalue weighted by Gasteiger charge is -2.41. The van der Waals surface area contributed by atoms with Crippen LogP contribution >= 0.6 is 11.3 Å². The molecule has 49 heavy (non-hydrogen) atoms. The minimum atomic E-state index is -3.43. The molecule has 1 aliphatic carbocycles. The van der Waals surface area contributed by atoms with E-state index >= 15 is 0 Å². The Morgan fingerprint density at radius 2 is 1.78 bits per heavy atom. The van der Waals surface area contributed by atoms with Gasteiger partial charge in [-0.2, -0.15) is 4.55 Å². The van der Waals surface area contributed by atoms with E-state index in [0.29, 0.717) is 36.3 Å². The topological polar surface area (TPSA) is 165 Å². The number of hydrogen-bond donors (Lipinski definition) is 4. The number of rotatable bonds is 12. The van der Waals surface area contributed by atoms with Crippen LogP contribution in [-0.2, 0) is 40.3 Å². The maximum atomic E-state index is 14.5. The third-order valence-corrected chi connectivity index (χ3v) is 13.1. The number of nitrogens with one attached hydrogen (secondary N) is 3. The summed E-state index contributed by atoms with van der Waals surface area (Å²) in [5.74, 6) is -2.54. The van der Waals surface area contributed by atoms with Crippen LogP contribution in [0.3, 0.4) is 0 Å². The number of Topliss-reactive ketones (excluding diaryl/α,β-unsaturated/α-hetero) is 2. The molecule has 0 bridgehead atoms. The highest BCUT2D eigenvalue weighted by molar-refractivity contribution is 7.96. The second kappa shape index (κ2) is 15.1. The molecule has 2 unspecified atom stereocenters. The maximum absolute atomic E-state index is 14.5. The number of ketones is 2. The first kappa shape index (κ1) is 38.9. The van der Waals surface area contributed by atoms with Gasteiger partial charge in [-0.3, -0.25) is 19.2 Å². The number of urea groups is 1. The van der Waals surface area contributed by atoms with Gasteiger partial charge in [-0.05, 0) is 45.8 Å². The molecule has 1 aromatic rings. The van der Waals surface area contributed by atoms with Crippen molar-refractivity contribution in [2.75, 3.05) is 13.1 Å². The van der Waals surface area contributed by atoms with Crippen molar-refractivity contribution in [2.24, 2.45) is 17.3 Å². The molecular weight excluding hydrogens is 667 g/mol. The molecule has 4 amide bonds. The van der Waals surface area contributed by atoms with E-state index < -0.39 is 68.9 Å². The first-order chi connectivity index (χ1) is 22.8. The van der Waals surface area contributed by atoms with Gasteiger partial charge in [0.2, 0.25) is 22.5 Å². The van der Waals surface area contributed by atoms with Gasteiger partial charge in [0.05, 0.1) is 29.5 Å². The summed E-state index contributed by atoms with van der Waals surface area (Å²) >= 11 is 1.44. The van der Waals surface area contributed by atoms with Crippen LogP contribution in [0.1, 0.15) is 98.3 Å². The SMILES string of the molecule is C=C1[C@@H](C(=O)NC(CCC)C(=O)C(C)=O)N(C(=O)[C@@H](NC(=O)NC2(CN3Cc4sccc4[S+]3(=O)O)CCCCC2)C(C)(C)C)C[C@@H]1C(C)C. The van der Waals surface area contributed by atoms with E-state index in [1.807, 2.05) is 46.9 Å². The summed E-state index contributed by atoms with van der Waals surface area (Å²) in [5, 5.41) is 10.6. The van der Waals surface area contributed by atoms with Gasteiger partial charge in [0.15, 0.2) is 5.78 Å². The summed E-state index contributed by atoms with van der Waals surface area (Å²) in [6, 6.07) is -2.03. The van der Waals surface area contributed by atoms with Crippen molar-refractivity contribution in [1.29, 1.82) is 0 Å². The Morgan fingerprint density at radius 1 is 1.12 bits per heavy atom. The molecule has 1 saturated carbocycles. The van der Waals surface area contributed by atoms with Gasteiger partial charge >= 0.3 is 16.4 Å². The average molecular weight is 721 g/mol. The molecule has 14 heteroatoms. The van der Waals surface area contributed by atoms with Crippen LogP contribution in [0.25, 0.3) is 0 Å². The Hall–Kier alpha value is -2.94. The lowest BCUT2D eigenvalue weighted by Crippen LogP contribution is -2.64. The standard InChI is InChI=1S/C35H53N5O7S2/c1-9-13-25(29(42)23(5)41)36-31(43)28-22(4)24(21(2)3)18-40(28)32(44)30(34(6,7)8)37-33(45)38-35(15-11-10-12-16-35)20-39-19-26-27(14-17-48-26)49(39,46)47/h14,17,21,24-25,28,30H,4,9-13,15-16,18-20H2,1-3,5-8H3,(H3-,36,37,38,43,45,46,47)/p+1/t24-,25?,28+,30-/m1/s1. The van der Waals surface area contributed by atoms with Gasteiger partial charge < -0.3 is 20.9 Å². The molecule has 0 spiro atoms. The van der Waals surface area contributed by atoms with Crippen molar-refractivity contribution < 1.29 is 32.7 Å². The Morgan fingerprint density at radius 3 is 2.33 bits per heavy atom. The summed E-state index contributed by atoms with van der Waals surface area (Å²) < 4.78 is 26.0. The van der Waals surface area contributed by atoms with Crippen molar-refractivity contribution in [3.63, 3.8) is 0 Å². The monoisotopic (exact) mass is 720 g/mol. The Kier molecular flexibility index (Phi) is 12.0. The molecule has 3 heterocycles. The molecule has 1 saturated heterocycles. The van der Waals surface area contributed by atoms with Crippen LogP contribution < -0.4 is 16.0 Å². The number of nitrogens with zero attached hydrogens (tertiary/aromatic N) is 2. The summed E-state index contributed by atoms with van der Waals surface area (Å²) in [4.78, 5) is 69.5. The van der Waals surface area contributed by atoms with Crippen molar-refractivity contribution in [1.82, 2.24) is 25.2 Å². The number of thiophene rings is 1. The number of carbonyl (C=O) groups excluding carboxylic acids is 5. The van der Waals surface area contributed by atoms with E-state index in [4.69, 9.17) is 0 Å². The van der Waals surface area contributed by atoms with Crippen molar-refractivity contribution >= 4 is 51.1 Å². The van der Waals surface area contributed by atoms with Gasteiger partial charge in [-0.15, -0.1) is 11.3 Å². The molecule has 2 fully saturated rings. The number of likely N-dealkylation sites (tertiary alicyclic amines) is 1. The Labute approximate surface area is 295 Å². The second-order valence-corrected chi connectivity index (χ2v) is 18.3. The summed E-state index contributed by atoms with van der Waals surface area (Å²) in [6.45, 7) is 17.4. The zero-order valence-electron chi connectivity index (χ0n) is 29.9. The molecule has 5 atom stereocenters. The van der Waals surface area contributed by atoms with Crippen LogP contribution in [0.2, 0.25) is 0 Å². The number of amides is 4. The molecule has 3 aliphatic rings. The molecule has 0 aromatic carbocycles. The predicted octanol–water partition coefficient (Wildman–Crippen LogP) is 4.71. The van der Waals surface area contributed by atoms with Crippen LogP contribution in [0, 0.1) is 17.3 Å². The zero-order chi connectivity index (χ0) is 36.5. The highest BCUT2D eigenvalue weighted by atomic mass is 32.3. The minimum Gasteiger partial charge on any atom is -0.344 e. The molecule has 4 rings (SSSR count). The van der Waals surface area contributed by atoms with Crippen molar-refractivity contribution in [2.45, 2.75) is 129 Å². The van der Waals surface area contributed by atoms with Crippen LogP contribution in [0.15, 0.2) is 28.5 Å². The van der Waals surface area contributed by atoms with E-state index in [1.165, 1.54) is 23.2 Å². The third-order valence-electron chi connectivity index (χ3n) is 10.1. The van der Waals surface area contributed by atoms with E-state index in [0.717, 1.165) is 24.1 Å². The molecule has 4 N–H and O–H groups in total. The molecule has 2 aliphatic heterocycles. The van der Waals surface area contributed by atoms with E-state index in [-0.39, 0.29) is 31.3 Å². The normalized spacial score (nSPS) is 25.1. The summed E-state index contributed by atoms with van der Waals surface area (Å²) in [7, 11) is -3.43. The summed E-state index contributed by atoms with van der Waals surface area (Å²) in [6.07, 6.45) is 4.76. The van der Waals surface area contributed by atoms with Crippen molar-refractivity contribution in [3.05, 3.63) is 28.5 Å². The first-order valence-corrected chi connectivity index (χ1v) is 19.7. The van der Waals surface area contributed by atoms with Crippen LogP contribution in [0.5, 0.6) is 0 Å². The fourth-order valence-corrected chi connectivity index (χ4v) is 10.4. The Bertz CT molecular complexity index is 1510. The molecule has 0 radical (unpaired) electrons. The fraction of sp³-hybridized carbons (Fsp3) is 0.686. The van der Waals surface area contributed by atoms with Crippen LogP contribution in [-0.4, -0.2) is 79.9 Å². The predicted molar refractivity (Wildman–Crippen MR) is 190 cm³/mol. The average Bonchev–Trinajstić information content (AvgIpc) is 3.68. The number of carbonyl (C=O) groups is 5. The van der Waals surface area contributed by atoms with E-state index in [1.54, 1.807) is 10.4 Å². The zero-order valence-corrected chi connectivity index (χ0v) is 31.6. The highest BCUT2D eigenvalue weighted by Crippen LogP contribution is 2.41. The molecular formula is C35H54N5O7S2+. The third kappa shape index (κ3) is 8.34. The molecule has 1 aromatic heterocycles. The molecule has 272 valence electrons. The van der Waals surface area contributed by atoms with Gasteiger partial charge in [-0.25, -0.2) is 4.79 Å². The van der Waals surface area contributed by atoms with Crippen LogP contribution in [0.4, 0.5) is 4.79 Å². The minimum absolute atomic E-state index is 0.0542. The molecule has 12 nitrogen and oxygen atoms in total. The lowest BCUT2D eigenvalue weighted by atomic mass is 9.81. The van der Waals surface area contributed by atoms with E-state index in [2.05, 4.69) is 22.5 Å². The Balaban J connectivity index is 1.57. The number of fused-ring (bicyclic) bond motifs is 1. The first-order valence-electron chi connectivity index (χ1n) is 17.3. The largest absolute Gasteiger partial charge is 0.344 e. The lowest BCUT2D eigenvalue weighted by molar-refractivity contribution is -0.142. The quantitative estimate of drug-likeness (QED) is 0.138. The van der Waals surface area contributed by atoms with Gasteiger partial charge in [0.1, 0.15) is 12.1 Å². The van der Waals surface area contributed by atoms with Crippen molar-refractivity contribution in [3.8, 4) is 0 Å². The van der Waals surface area contributed by atoms with E-state index in [9.17, 15) is 32.7 Å². The maximum Gasteiger partial charge on any atom is 0.327 e. The number of hydrogen-bond acceptors (Lipinski definition) is 7. The highest BCUT2D eigenvalue weighted by Gasteiger charge is 2.53.